The highest BCUT2D eigenvalue weighted by atomic mass is 33.1. The molecule has 0 aromatic rings. The molecule has 0 aliphatic rings. The Labute approximate surface area is 135 Å². The zero-order valence-corrected chi connectivity index (χ0v) is 15.8. The van der Waals surface area contributed by atoms with E-state index in [0.717, 1.165) is 0 Å². The van der Waals surface area contributed by atoms with Crippen LogP contribution in [0.1, 0.15) is 51.4 Å². The number of hydrogen-bond acceptors (Lipinski definition) is 4. The predicted octanol–water partition coefficient (Wildman–Crippen LogP) is 4.61. The van der Waals surface area contributed by atoms with E-state index in [1.807, 2.05) is 0 Å². The lowest BCUT2D eigenvalue weighted by Crippen LogP contribution is -2.12. The summed E-state index contributed by atoms with van der Waals surface area (Å²) in [6, 6.07) is 0. The van der Waals surface area contributed by atoms with Crippen molar-refractivity contribution in [3.05, 3.63) is 0 Å². The summed E-state index contributed by atoms with van der Waals surface area (Å²) in [5, 5.41) is 0. The molecule has 0 amide bonds. The first-order valence-electron chi connectivity index (χ1n) is 8.17. The maximum absolute atomic E-state index is 2.28. The topological polar surface area (TPSA) is 6.48 Å². The second kappa shape index (κ2) is 16.0. The van der Waals surface area contributed by atoms with Gasteiger partial charge in [-0.1, -0.05) is 47.3 Å². The summed E-state index contributed by atoms with van der Waals surface area (Å²) in [4.78, 5) is 4.56. The van der Waals surface area contributed by atoms with Gasteiger partial charge in [-0.2, -0.15) is 0 Å². The molecule has 0 aromatic carbocycles. The van der Waals surface area contributed by atoms with Gasteiger partial charge < -0.3 is 9.80 Å². The molecule has 0 saturated carbocycles. The van der Waals surface area contributed by atoms with Crippen LogP contribution in [0.15, 0.2) is 0 Å². The van der Waals surface area contributed by atoms with Crippen LogP contribution < -0.4 is 0 Å². The molecule has 0 aliphatic heterocycles. The molecule has 20 heavy (non-hydrogen) atoms. The van der Waals surface area contributed by atoms with Gasteiger partial charge in [0, 0.05) is 11.5 Å². The van der Waals surface area contributed by atoms with E-state index in [1.54, 1.807) is 0 Å². The van der Waals surface area contributed by atoms with Gasteiger partial charge in [0.15, 0.2) is 0 Å². The summed E-state index contributed by atoms with van der Waals surface area (Å²) in [6.07, 6.45) is 11.1. The zero-order valence-electron chi connectivity index (χ0n) is 14.2. The van der Waals surface area contributed by atoms with Gasteiger partial charge >= 0.3 is 0 Å². The summed E-state index contributed by atoms with van der Waals surface area (Å²) in [5.41, 5.74) is 0. The molecule has 0 radical (unpaired) electrons. The molecule has 0 N–H and O–H groups in total. The summed E-state index contributed by atoms with van der Waals surface area (Å²) < 4.78 is 0. The Hall–Kier alpha value is 0.620. The molecule has 2 nitrogen and oxygen atoms in total. The summed E-state index contributed by atoms with van der Waals surface area (Å²) in [7, 11) is 12.8. The van der Waals surface area contributed by atoms with Crippen molar-refractivity contribution in [3.8, 4) is 0 Å². The molecule has 0 saturated heterocycles. The van der Waals surface area contributed by atoms with E-state index in [-0.39, 0.29) is 0 Å². The Morgan fingerprint density at radius 3 is 1.20 bits per heavy atom. The second-order valence-electron chi connectivity index (χ2n) is 6.08. The Balaban J connectivity index is 2.96. The van der Waals surface area contributed by atoms with E-state index < -0.39 is 0 Å². The maximum Gasteiger partial charge on any atom is 0.00369 e. The SMILES string of the molecule is CN(C)CCCCCCSSCCCCCCN(C)C. The van der Waals surface area contributed by atoms with Gasteiger partial charge in [-0.25, -0.2) is 0 Å². The van der Waals surface area contributed by atoms with E-state index in [4.69, 9.17) is 0 Å². The zero-order chi connectivity index (χ0) is 15.1. The molecule has 4 heteroatoms. The molecule has 0 bridgehead atoms. The molecule has 0 aromatic heterocycles. The van der Waals surface area contributed by atoms with E-state index in [9.17, 15) is 0 Å². The van der Waals surface area contributed by atoms with Crippen molar-refractivity contribution in [2.75, 3.05) is 52.8 Å². The molecular formula is C16H36N2S2. The maximum atomic E-state index is 2.28. The third-order valence-electron chi connectivity index (χ3n) is 3.25. The molecule has 0 heterocycles. The molecule has 0 aliphatic carbocycles. The van der Waals surface area contributed by atoms with Gasteiger partial charge in [0.25, 0.3) is 0 Å². The Morgan fingerprint density at radius 2 is 0.850 bits per heavy atom. The molecule has 0 atom stereocenters. The summed E-state index contributed by atoms with van der Waals surface area (Å²) in [6.45, 7) is 2.49. The summed E-state index contributed by atoms with van der Waals surface area (Å²) >= 11 is 0. The standard InChI is InChI=1S/C16H36N2S2/c1-17(2)13-9-5-7-11-15-19-20-16-12-8-6-10-14-18(3)4/h5-16H2,1-4H3. The predicted molar refractivity (Wildman–Crippen MR) is 99.0 cm³/mol. The van der Waals surface area contributed by atoms with Crippen molar-refractivity contribution in [3.63, 3.8) is 0 Å². The monoisotopic (exact) mass is 320 g/mol. The van der Waals surface area contributed by atoms with E-state index in [1.165, 1.54) is 76.0 Å². The second-order valence-corrected chi connectivity index (χ2v) is 8.78. The van der Waals surface area contributed by atoms with Crippen molar-refractivity contribution in [1.82, 2.24) is 9.80 Å². The molecule has 0 fully saturated rings. The lowest BCUT2D eigenvalue weighted by Gasteiger charge is -2.08. The van der Waals surface area contributed by atoms with Gasteiger partial charge in [-0.05, 0) is 67.0 Å². The first-order chi connectivity index (χ1) is 9.63. The molecule has 122 valence electrons. The number of rotatable bonds is 15. The van der Waals surface area contributed by atoms with Crippen LogP contribution in [0.3, 0.4) is 0 Å². The van der Waals surface area contributed by atoms with Crippen LogP contribution in [-0.4, -0.2) is 62.6 Å². The number of hydrogen-bond donors (Lipinski definition) is 0. The third-order valence-corrected chi connectivity index (χ3v) is 5.83. The van der Waals surface area contributed by atoms with E-state index >= 15 is 0 Å². The highest BCUT2D eigenvalue weighted by Gasteiger charge is 1.95. The van der Waals surface area contributed by atoms with Crippen LogP contribution in [-0.2, 0) is 0 Å². The smallest absolute Gasteiger partial charge is 0.00369 e. The van der Waals surface area contributed by atoms with Crippen molar-refractivity contribution >= 4 is 21.6 Å². The fraction of sp³-hybridized carbons (Fsp3) is 1.00. The number of nitrogens with zero attached hydrogens (tertiary/aromatic N) is 2. The van der Waals surface area contributed by atoms with Gasteiger partial charge in [-0.3, -0.25) is 0 Å². The Bertz CT molecular complexity index is 167. The quantitative estimate of drug-likeness (QED) is 0.321. The minimum absolute atomic E-state index is 1.25. The first kappa shape index (κ1) is 20.6. The highest BCUT2D eigenvalue weighted by Crippen LogP contribution is 2.24. The van der Waals surface area contributed by atoms with Crippen LogP contribution in [0, 0.1) is 0 Å². The molecule has 0 spiro atoms. The van der Waals surface area contributed by atoms with Crippen LogP contribution in [0.2, 0.25) is 0 Å². The highest BCUT2D eigenvalue weighted by molar-refractivity contribution is 8.76. The fourth-order valence-corrected chi connectivity index (χ4v) is 4.30. The van der Waals surface area contributed by atoms with Crippen molar-refractivity contribution in [1.29, 1.82) is 0 Å². The first-order valence-corrected chi connectivity index (χ1v) is 10.7. The normalized spacial score (nSPS) is 11.7. The van der Waals surface area contributed by atoms with Gasteiger partial charge in [0.05, 0.1) is 0 Å². The molecule has 0 rings (SSSR count). The van der Waals surface area contributed by atoms with Crippen LogP contribution in [0.5, 0.6) is 0 Å². The van der Waals surface area contributed by atoms with Gasteiger partial charge in [0.1, 0.15) is 0 Å². The lowest BCUT2D eigenvalue weighted by molar-refractivity contribution is 0.391. The van der Waals surface area contributed by atoms with E-state index in [0.29, 0.717) is 0 Å². The number of unbranched alkanes of at least 4 members (excludes halogenated alkanes) is 6. The van der Waals surface area contributed by atoms with Crippen molar-refractivity contribution in [2.24, 2.45) is 0 Å². The van der Waals surface area contributed by atoms with Crippen LogP contribution in [0.4, 0.5) is 0 Å². The van der Waals surface area contributed by atoms with Crippen LogP contribution >= 0.6 is 21.6 Å². The minimum atomic E-state index is 1.25. The van der Waals surface area contributed by atoms with Crippen LogP contribution in [0.25, 0.3) is 0 Å². The fourth-order valence-electron chi connectivity index (χ4n) is 2.00. The Kier molecular flexibility index (Phi) is 16.5. The summed E-state index contributed by atoms with van der Waals surface area (Å²) in [5.74, 6) is 2.68. The van der Waals surface area contributed by atoms with E-state index in [2.05, 4.69) is 59.6 Å². The van der Waals surface area contributed by atoms with Crippen molar-refractivity contribution < 1.29 is 0 Å². The van der Waals surface area contributed by atoms with Gasteiger partial charge in [-0.15, -0.1) is 0 Å². The van der Waals surface area contributed by atoms with Gasteiger partial charge in [0.2, 0.25) is 0 Å². The lowest BCUT2D eigenvalue weighted by atomic mass is 10.2. The average Bonchev–Trinajstić information content (AvgIpc) is 2.38. The average molecular weight is 321 g/mol. The molecule has 0 unspecified atom stereocenters. The minimum Gasteiger partial charge on any atom is -0.309 e. The Morgan fingerprint density at radius 1 is 0.500 bits per heavy atom. The largest absolute Gasteiger partial charge is 0.309 e. The van der Waals surface area contributed by atoms with Crippen molar-refractivity contribution in [2.45, 2.75) is 51.4 Å². The third kappa shape index (κ3) is 18.6. The molecular weight excluding hydrogens is 284 g/mol.